The normalized spacial score (nSPS) is 10.6. The van der Waals surface area contributed by atoms with Crippen LogP contribution in [0.4, 0.5) is 0 Å². The van der Waals surface area contributed by atoms with Crippen LogP contribution in [0.2, 0.25) is 0 Å². The van der Waals surface area contributed by atoms with Crippen LogP contribution in [-0.2, 0) is 12.8 Å². The van der Waals surface area contributed by atoms with Crippen molar-refractivity contribution in [3.8, 4) is 0 Å². The molecule has 0 fully saturated rings. The summed E-state index contributed by atoms with van der Waals surface area (Å²) in [6, 6.07) is 0. The van der Waals surface area contributed by atoms with Crippen molar-refractivity contribution in [2.75, 3.05) is 6.54 Å². The van der Waals surface area contributed by atoms with E-state index in [1.54, 1.807) is 0 Å². The molecule has 0 aliphatic heterocycles. The van der Waals surface area contributed by atoms with E-state index in [1.807, 2.05) is 6.92 Å². The Bertz CT molecular complexity index is 308. The molecule has 0 saturated heterocycles. The first-order valence-electron chi connectivity index (χ1n) is 5.22. The average molecular weight is 193 g/mol. The van der Waals surface area contributed by atoms with E-state index in [-0.39, 0.29) is 0 Å². The fourth-order valence-corrected chi connectivity index (χ4v) is 1.61. The Balaban J connectivity index is 2.96. The molecule has 1 heterocycles. The summed E-state index contributed by atoms with van der Waals surface area (Å²) in [5, 5.41) is 0. The Labute approximate surface area is 85.8 Å². The second kappa shape index (κ2) is 5.05. The molecule has 0 saturated carbocycles. The van der Waals surface area contributed by atoms with Gasteiger partial charge in [-0.05, 0) is 45.2 Å². The number of rotatable bonds is 4. The predicted molar refractivity (Wildman–Crippen MR) is 58.3 cm³/mol. The first kappa shape index (κ1) is 11.1. The van der Waals surface area contributed by atoms with Crippen LogP contribution in [0.5, 0.6) is 0 Å². The van der Waals surface area contributed by atoms with Gasteiger partial charge in [-0.3, -0.25) is 0 Å². The van der Waals surface area contributed by atoms with Gasteiger partial charge in [0.2, 0.25) is 0 Å². The van der Waals surface area contributed by atoms with Gasteiger partial charge in [0.15, 0.2) is 0 Å². The van der Waals surface area contributed by atoms with E-state index in [0.29, 0.717) is 0 Å². The highest BCUT2D eigenvalue weighted by molar-refractivity contribution is 5.24. The maximum Gasteiger partial charge on any atom is 0.125 e. The summed E-state index contributed by atoms with van der Waals surface area (Å²) in [7, 11) is 0. The van der Waals surface area contributed by atoms with E-state index in [2.05, 4.69) is 23.8 Å². The molecule has 0 aliphatic carbocycles. The lowest BCUT2D eigenvalue weighted by Gasteiger charge is -2.09. The largest absolute Gasteiger partial charge is 0.330 e. The van der Waals surface area contributed by atoms with E-state index in [9.17, 15) is 0 Å². The molecule has 3 nitrogen and oxygen atoms in total. The van der Waals surface area contributed by atoms with Gasteiger partial charge in [-0.1, -0.05) is 6.92 Å². The van der Waals surface area contributed by atoms with Crippen LogP contribution >= 0.6 is 0 Å². The maximum absolute atomic E-state index is 5.49. The first-order valence-corrected chi connectivity index (χ1v) is 5.22. The Hall–Kier alpha value is -0.960. The van der Waals surface area contributed by atoms with Crippen molar-refractivity contribution >= 4 is 0 Å². The standard InChI is InChI=1S/C11H19N3/c1-4-10-8(2)11(6-5-7-12)14-9(3)13-10/h4-7,12H2,1-3H3. The van der Waals surface area contributed by atoms with E-state index < -0.39 is 0 Å². The fraction of sp³-hybridized carbons (Fsp3) is 0.636. The van der Waals surface area contributed by atoms with E-state index in [1.165, 1.54) is 17.0 Å². The molecule has 14 heavy (non-hydrogen) atoms. The number of hydrogen-bond acceptors (Lipinski definition) is 3. The molecule has 0 amide bonds. The molecule has 0 radical (unpaired) electrons. The summed E-state index contributed by atoms with van der Waals surface area (Å²) in [5.74, 6) is 0.875. The molecule has 0 aliphatic rings. The summed E-state index contributed by atoms with van der Waals surface area (Å²) in [6.45, 7) is 6.90. The predicted octanol–water partition coefficient (Wildman–Crippen LogP) is 1.55. The van der Waals surface area contributed by atoms with Crippen molar-refractivity contribution in [1.82, 2.24) is 9.97 Å². The summed E-state index contributed by atoms with van der Waals surface area (Å²) in [6.07, 6.45) is 2.95. The Morgan fingerprint density at radius 3 is 2.36 bits per heavy atom. The summed E-state index contributed by atoms with van der Waals surface area (Å²) in [4.78, 5) is 8.87. The van der Waals surface area contributed by atoms with Gasteiger partial charge in [-0.2, -0.15) is 0 Å². The van der Waals surface area contributed by atoms with Crippen LogP contribution in [0.1, 0.15) is 36.1 Å². The van der Waals surface area contributed by atoms with Crippen molar-refractivity contribution in [2.24, 2.45) is 5.73 Å². The van der Waals surface area contributed by atoms with Crippen LogP contribution < -0.4 is 5.73 Å². The molecule has 3 heteroatoms. The summed E-state index contributed by atoms with van der Waals surface area (Å²) in [5.41, 5.74) is 9.07. The summed E-state index contributed by atoms with van der Waals surface area (Å²) >= 11 is 0. The quantitative estimate of drug-likeness (QED) is 0.789. The molecule has 0 bridgehead atoms. The Morgan fingerprint density at radius 2 is 1.79 bits per heavy atom. The zero-order valence-corrected chi connectivity index (χ0v) is 9.30. The van der Waals surface area contributed by atoms with Crippen molar-refractivity contribution in [3.63, 3.8) is 0 Å². The lowest BCUT2D eigenvalue weighted by atomic mass is 10.1. The van der Waals surface area contributed by atoms with Gasteiger partial charge >= 0.3 is 0 Å². The van der Waals surface area contributed by atoms with E-state index in [0.717, 1.165) is 31.6 Å². The van der Waals surface area contributed by atoms with Crippen molar-refractivity contribution in [1.29, 1.82) is 0 Å². The third kappa shape index (κ3) is 2.51. The van der Waals surface area contributed by atoms with Crippen molar-refractivity contribution in [2.45, 2.75) is 40.0 Å². The Kier molecular flexibility index (Phi) is 4.01. The smallest absolute Gasteiger partial charge is 0.125 e. The van der Waals surface area contributed by atoms with Crippen molar-refractivity contribution in [3.05, 3.63) is 22.8 Å². The molecular weight excluding hydrogens is 174 g/mol. The molecule has 1 aromatic heterocycles. The van der Waals surface area contributed by atoms with Crippen LogP contribution in [0.25, 0.3) is 0 Å². The monoisotopic (exact) mass is 193 g/mol. The highest BCUT2D eigenvalue weighted by Crippen LogP contribution is 2.12. The SMILES string of the molecule is CCc1nc(C)nc(CCCN)c1C. The highest BCUT2D eigenvalue weighted by Gasteiger charge is 2.06. The van der Waals surface area contributed by atoms with Crippen LogP contribution in [-0.4, -0.2) is 16.5 Å². The number of hydrogen-bond donors (Lipinski definition) is 1. The number of aromatic nitrogens is 2. The third-order valence-corrected chi connectivity index (χ3v) is 2.41. The fourth-order valence-electron chi connectivity index (χ4n) is 1.61. The van der Waals surface area contributed by atoms with Gasteiger partial charge in [0.25, 0.3) is 0 Å². The topological polar surface area (TPSA) is 51.8 Å². The van der Waals surface area contributed by atoms with Gasteiger partial charge in [-0.25, -0.2) is 9.97 Å². The third-order valence-electron chi connectivity index (χ3n) is 2.41. The molecule has 2 N–H and O–H groups in total. The molecule has 78 valence electrons. The molecule has 0 aromatic carbocycles. The number of nitrogens with two attached hydrogens (primary N) is 1. The zero-order chi connectivity index (χ0) is 10.6. The molecule has 1 rings (SSSR count). The first-order chi connectivity index (χ1) is 6.69. The van der Waals surface area contributed by atoms with Gasteiger partial charge in [0, 0.05) is 11.4 Å². The minimum absolute atomic E-state index is 0.726. The van der Waals surface area contributed by atoms with Crippen molar-refractivity contribution < 1.29 is 0 Å². The van der Waals surface area contributed by atoms with Gasteiger partial charge in [0.1, 0.15) is 5.82 Å². The van der Waals surface area contributed by atoms with E-state index in [4.69, 9.17) is 5.73 Å². The average Bonchev–Trinajstić information content (AvgIpc) is 2.18. The van der Waals surface area contributed by atoms with Crippen LogP contribution in [0.15, 0.2) is 0 Å². The minimum atomic E-state index is 0.726. The molecule has 0 atom stereocenters. The molecule has 0 unspecified atom stereocenters. The highest BCUT2D eigenvalue weighted by atomic mass is 14.9. The van der Waals surface area contributed by atoms with Crippen LogP contribution in [0.3, 0.4) is 0 Å². The molecular formula is C11H19N3. The van der Waals surface area contributed by atoms with Gasteiger partial charge in [0.05, 0.1) is 0 Å². The summed E-state index contributed by atoms with van der Waals surface area (Å²) < 4.78 is 0. The second-order valence-corrected chi connectivity index (χ2v) is 3.53. The Morgan fingerprint density at radius 1 is 1.14 bits per heavy atom. The number of aryl methyl sites for hydroxylation is 3. The van der Waals surface area contributed by atoms with Gasteiger partial charge in [-0.15, -0.1) is 0 Å². The molecule has 0 spiro atoms. The lowest BCUT2D eigenvalue weighted by Crippen LogP contribution is -2.07. The second-order valence-electron chi connectivity index (χ2n) is 3.53. The van der Waals surface area contributed by atoms with E-state index >= 15 is 0 Å². The lowest BCUT2D eigenvalue weighted by molar-refractivity contribution is 0.778. The minimum Gasteiger partial charge on any atom is -0.330 e. The zero-order valence-electron chi connectivity index (χ0n) is 9.30. The number of nitrogens with zero attached hydrogens (tertiary/aromatic N) is 2. The van der Waals surface area contributed by atoms with Crippen LogP contribution in [0, 0.1) is 13.8 Å². The molecule has 1 aromatic rings. The maximum atomic E-state index is 5.49. The van der Waals surface area contributed by atoms with Gasteiger partial charge < -0.3 is 5.73 Å².